The molecule has 3 N–H and O–H groups in total. The highest BCUT2D eigenvalue weighted by Gasteiger charge is 2.15. The average molecular weight is 224 g/mol. The van der Waals surface area contributed by atoms with E-state index in [9.17, 15) is 0 Å². The fraction of sp³-hybridized carbons (Fsp3) is 0.600. The number of nitrogen functional groups attached to an aromatic ring is 1. The molecule has 0 spiro atoms. The molecule has 15 heavy (non-hydrogen) atoms. The van der Waals surface area contributed by atoms with Crippen LogP contribution < -0.4 is 11.1 Å². The van der Waals surface area contributed by atoms with Crippen LogP contribution in [0.4, 0.5) is 11.6 Å². The second-order valence-electron chi connectivity index (χ2n) is 3.84. The zero-order chi connectivity index (χ0) is 10.7. The van der Waals surface area contributed by atoms with Crippen molar-refractivity contribution in [1.29, 1.82) is 0 Å². The third-order valence-electron chi connectivity index (χ3n) is 2.45. The molecule has 1 aromatic rings. The molecule has 0 aliphatic carbocycles. The van der Waals surface area contributed by atoms with Gasteiger partial charge in [-0.15, -0.1) is 0 Å². The van der Waals surface area contributed by atoms with Crippen molar-refractivity contribution in [3.8, 4) is 0 Å². The van der Waals surface area contributed by atoms with Gasteiger partial charge < -0.3 is 11.1 Å². The number of aryl methyl sites for hydroxylation is 1. The molecule has 1 aliphatic heterocycles. The molecule has 1 unspecified atom stereocenters. The van der Waals surface area contributed by atoms with Gasteiger partial charge in [-0.2, -0.15) is 11.8 Å². The van der Waals surface area contributed by atoms with E-state index in [1.165, 1.54) is 17.9 Å². The number of hydrogen-bond acceptors (Lipinski definition) is 5. The first-order valence-corrected chi connectivity index (χ1v) is 6.32. The Morgan fingerprint density at radius 3 is 3.13 bits per heavy atom. The molecule has 2 rings (SSSR count). The molecule has 1 aliphatic rings. The second kappa shape index (κ2) is 4.70. The zero-order valence-corrected chi connectivity index (χ0v) is 9.68. The van der Waals surface area contributed by atoms with E-state index in [1.807, 2.05) is 18.7 Å². The van der Waals surface area contributed by atoms with Gasteiger partial charge >= 0.3 is 0 Å². The molecule has 0 aromatic carbocycles. The number of hydrogen-bond donors (Lipinski definition) is 2. The smallest absolute Gasteiger partial charge is 0.131 e. The summed E-state index contributed by atoms with van der Waals surface area (Å²) in [7, 11) is 0. The Kier molecular flexibility index (Phi) is 3.30. The van der Waals surface area contributed by atoms with Crippen LogP contribution in [0.1, 0.15) is 12.2 Å². The molecule has 0 radical (unpaired) electrons. The van der Waals surface area contributed by atoms with E-state index in [2.05, 4.69) is 15.3 Å². The molecule has 1 atom stereocenters. The molecule has 0 bridgehead atoms. The van der Waals surface area contributed by atoms with Crippen molar-refractivity contribution in [3.05, 3.63) is 11.9 Å². The van der Waals surface area contributed by atoms with Crippen LogP contribution in [-0.4, -0.2) is 28.0 Å². The number of aromatic nitrogens is 2. The van der Waals surface area contributed by atoms with E-state index in [4.69, 9.17) is 5.73 Å². The maximum absolute atomic E-state index is 5.65. The van der Waals surface area contributed by atoms with Crippen LogP contribution in [0.25, 0.3) is 0 Å². The van der Waals surface area contributed by atoms with E-state index < -0.39 is 0 Å². The van der Waals surface area contributed by atoms with Gasteiger partial charge in [0.15, 0.2) is 0 Å². The number of nitrogens with two attached hydrogens (primary N) is 1. The van der Waals surface area contributed by atoms with Gasteiger partial charge in [-0.1, -0.05) is 0 Å². The highest BCUT2D eigenvalue weighted by Crippen LogP contribution is 2.23. The zero-order valence-electron chi connectivity index (χ0n) is 8.86. The average Bonchev–Trinajstić information content (AvgIpc) is 2.65. The summed E-state index contributed by atoms with van der Waals surface area (Å²) in [5.41, 5.74) is 5.65. The van der Waals surface area contributed by atoms with E-state index in [0.29, 0.717) is 5.82 Å². The molecule has 1 fully saturated rings. The van der Waals surface area contributed by atoms with Crippen molar-refractivity contribution >= 4 is 23.4 Å². The SMILES string of the molecule is Cc1nc(N)cc(NCC2CCSC2)n1. The van der Waals surface area contributed by atoms with Crippen LogP contribution in [0.5, 0.6) is 0 Å². The first kappa shape index (κ1) is 10.5. The van der Waals surface area contributed by atoms with Crippen LogP contribution in [0, 0.1) is 12.8 Å². The van der Waals surface area contributed by atoms with Gasteiger partial charge in [0, 0.05) is 12.6 Å². The Morgan fingerprint density at radius 2 is 2.47 bits per heavy atom. The van der Waals surface area contributed by atoms with Crippen molar-refractivity contribution in [2.24, 2.45) is 5.92 Å². The van der Waals surface area contributed by atoms with Crippen LogP contribution in [0.3, 0.4) is 0 Å². The molecular weight excluding hydrogens is 208 g/mol. The van der Waals surface area contributed by atoms with Crippen LogP contribution in [-0.2, 0) is 0 Å². The number of anilines is 2. The maximum Gasteiger partial charge on any atom is 0.131 e. The Morgan fingerprint density at radius 1 is 1.60 bits per heavy atom. The van der Waals surface area contributed by atoms with Crippen molar-refractivity contribution in [3.63, 3.8) is 0 Å². The third-order valence-corrected chi connectivity index (χ3v) is 3.69. The fourth-order valence-corrected chi connectivity index (χ4v) is 2.96. The number of nitrogens with one attached hydrogen (secondary N) is 1. The molecule has 2 heterocycles. The van der Waals surface area contributed by atoms with Crippen molar-refractivity contribution < 1.29 is 0 Å². The van der Waals surface area contributed by atoms with Gasteiger partial charge in [0.2, 0.25) is 0 Å². The van der Waals surface area contributed by atoms with Crippen LogP contribution in [0.2, 0.25) is 0 Å². The fourth-order valence-electron chi connectivity index (χ4n) is 1.67. The highest BCUT2D eigenvalue weighted by molar-refractivity contribution is 7.99. The Hall–Kier alpha value is -0.970. The van der Waals surface area contributed by atoms with Crippen molar-refractivity contribution in [1.82, 2.24) is 9.97 Å². The molecule has 0 saturated carbocycles. The Labute approximate surface area is 94.1 Å². The first-order chi connectivity index (χ1) is 7.24. The first-order valence-electron chi connectivity index (χ1n) is 5.17. The summed E-state index contributed by atoms with van der Waals surface area (Å²) in [5, 5.41) is 3.32. The van der Waals surface area contributed by atoms with E-state index >= 15 is 0 Å². The molecule has 82 valence electrons. The summed E-state index contributed by atoms with van der Waals surface area (Å²) >= 11 is 2.03. The van der Waals surface area contributed by atoms with Gasteiger partial charge in [-0.25, -0.2) is 9.97 Å². The summed E-state index contributed by atoms with van der Waals surface area (Å²) < 4.78 is 0. The Balaban J connectivity index is 1.92. The van der Waals surface area contributed by atoms with E-state index in [-0.39, 0.29) is 0 Å². The summed E-state index contributed by atoms with van der Waals surface area (Å²) in [6.45, 7) is 2.84. The van der Waals surface area contributed by atoms with Gasteiger partial charge in [-0.3, -0.25) is 0 Å². The number of thioether (sulfide) groups is 1. The molecule has 1 saturated heterocycles. The third kappa shape index (κ3) is 2.99. The number of nitrogens with zero attached hydrogens (tertiary/aromatic N) is 2. The van der Waals surface area contributed by atoms with Gasteiger partial charge in [0.25, 0.3) is 0 Å². The monoisotopic (exact) mass is 224 g/mol. The largest absolute Gasteiger partial charge is 0.384 e. The minimum absolute atomic E-state index is 0.533. The normalized spacial score (nSPS) is 20.5. The van der Waals surface area contributed by atoms with Crippen LogP contribution >= 0.6 is 11.8 Å². The maximum atomic E-state index is 5.65. The lowest BCUT2D eigenvalue weighted by atomic mass is 10.1. The van der Waals surface area contributed by atoms with Gasteiger partial charge in [-0.05, 0) is 30.8 Å². The van der Waals surface area contributed by atoms with E-state index in [0.717, 1.165) is 24.1 Å². The van der Waals surface area contributed by atoms with Gasteiger partial charge in [0.05, 0.1) is 0 Å². The predicted octanol–water partition coefficient (Wildman–Crippen LogP) is 1.53. The summed E-state index contributed by atoms with van der Waals surface area (Å²) in [6, 6.07) is 1.79. The quantitative estimate of drug-likeness (QED) is 0.815. The molecule has 5 heteroatoms. The molecule has 4 nitrogen and oxygen atoms in total. The lowest BCUT2D eigenvalue weighted by molar-refractivity contribution is 0.630. The van der Waals surface area contributed by atoms with E-state index in [1.54, 1.807) is 6.07 Å². The lowest BCUT2D eigenvalue weighted by Gasteiger charge is -2.10. The second-order valence-corrected chi connectivity index (χ2v) is 4.99. The molecule has 0 amide bonds. The molecule has 1 aromatic heterocycles. The Bertz CT molecular complexity index is 316. The van der Waals surface area contributed by atoms with Crippen LogP contribution in [0.15, 0.2) is 6.07 Å². The highest BCUT2D eigenvalue weighted by atomic mass is 32.2. The summed E-state index contributed by atoms with van der Waals surface area (Å²) in [4.78, 5) is 8.32. The summed E-state index contributed by atoms with van der Waals surface area (Å²) in [5.74, 6) is 5.41. The van der Waals surface area contributed by atoms with Crippen molar-refractivity contribution in [2.45, 2.75) is 13.3 Å². The standard InChI is InChI=1S/C10H16N4S/c1-7-13-9(11)4-10(14-7)12-5-8-2-3-15-6-8/h4,8H,2-3,5-6H2,1H3,(H3,11,12,13,14). The topological polar surface area (TPSA) is 63.8 Å². The lowest BCUT2D eigenvalue weighted by Crippen LogP contribution is -2.15. The van der Waals surface area contributed by atoms with Gasteiger partial charge in [0.1, 0.15) is 17.5 Å². The minimum atomic E-state index is 0.533. The molecular formula is C10H16N4S. The predicted molar refractivity (Wildman–Crippen MR) is 65.1 cm³/mol. The summed E-state index contributed by atoms with van der Waals surface area (Å²) in [6.07, 6.45) is 1.30. The van der Waals surface area contributed by atoms with Crippen molar-refractivity contribution in [2.75, 3.05) is 29.1 Å². The number of rotatable bonds is 3. The minimum Gasteiger partial charge on any atom is -0.384 e.